The van der Waals surface area contributed by atoms with Crippen LogP contribution >= 0.6 is 24.8 Å². The number of benzene rings is 1. The van der Waals surface area contributed by atoms with Gasteiger partial charge in [0, 0.05) is 11.8 Å². The summed E-state index contributed by atoms with van der Waals surface area (Å²) in [5.41, 5.74) is 1.18. The van der Waals surface area contributed by atoms with Crippen molar-refractivity contribution in [1.82, 2.24) is 4.90 Å². The first-order valence-corrected chi connectivity index (χ1v) is 13.1. The van der Waals surface area contributed by atoms with Crippen LogP contribution < -0.4 is 0 Å². The third kappa shape index (κ3) is 13.0. The van der Waals surface area contributed by atoms with Crippen LogP contribution in [0.2, 0.25) is 0 Å². The summed E-state index contributed by atoms with van der Waals surface area (Å²) < 4.78 is 6.23. The van der Waals surface area contributed by atoms with E-state index in [2.05, 4.69) is 43.5 Å². The van der Waals surface area contributed by atoms with E-state index in [9.17, 15) is 0 Å². The normalized spacial score (nSPS) is 13.2. The molecule has 172 valence electrons. The summed E-state index contributed by atoms with van der Waals surface area (Å²) in [6.45, 7) is 7.92. The van der Waals surface area contributed by atoms with E-state index in [0.717, 1.165) is 18.0 Å². The molecule has 30 heavy (non-hydrogen) atoms. The highest BCUT2D eigenvalue weighted by Crippen LogP contribution is 2.18. The summed E-state index contributed by atoms with van der Waals surface area (Å²) in [6, 6.07) is 10.3. The maximum absolute atomic E-state index is 6.23. The van der Waals surface area contributed by atoms with Crippen molar-refractivity contribution >= 4 is 29.8 Å². The van der Waals surface area contributed by atoms with Gasteiger partial charge in [-0.1, -0.05) is 120 Å². The number of ether oxygens (including phenoxy) is 1. The van der Waals surface area contributed by atoms with Gasteiger partial charge >= 0.3 is 0 Å². The molecule has 0 amide bonds. The van der Waals surface area contributed by atoms with Crippen molar-refractivity contribution in [3.63, 3.8) is 0 Å². The monoisotopic (exact) mass is 451 g/mol. The first kappa shape index (κ1) is 27.5. The van der Waals surface area contributed by atoms with Gasteiger partial charge in [-0.15, -0.1) is 0 Å². The average molecular weight is 452 g/mol. The summed E-state index contributed by atoms with van der Waals surface area (Å²) in [4.78, 5) is 3.13. The molecule has 1 rings (SSSR count). The van der Waals surface area contributed by atoms with Gasteiger partial charge in [0.25, 0.3) is 0 Å². The van der Waals surface area contributed by atoms with Gasteiger partial charge in [-0.2, -0.15) is 12.6 Å². The highest BCUT2D eigenvalue weighted by atomic mass is 32.1. The Morgan fingerprint density at radius 1 is 0.900 bits per heavy atom. The van der Waals surface area contributed by atoms with Crippen LogP contribution in [0.3, 0.4) is 0 Å². The van der Waals surface area contributed by atoms with E-state index in [1.807, 2.05) is 25.1 Å². The number of nitrogens with zero attached hydrogens (tertiary/aromatic N) is 1. The van der Waals surface area contributed by atoms with Gasteiger partial charge in [-0.25, -0.2) is 0 Å². The molecule has 0 saturated carbocycles. The molecule has 1 aromatic carbocycles. The van der Waals surface area contributed by atoms with Gasteiger partial charge in [0.15, 0.2) is 0 Å². The molecule has 0 aromatic heterocycles. The molecule has 2 nitrogen and oxygen atoms in total. The summed E-state index contributed by atoms with van der Waals surface area (Å²) in [5.74, 6) is 0. The molecule has 0 bridgehead atoms. The average Bonchev–Trinajstić information content (AvgIpc) is 2.73. The van der Waals surface area contributed by atoms with Crippen molar-refractivity contribution in [3.8, 4) is 0 Å². The van der Waals surface area contributed by atoms with Gasteiger partial charge in [0.2, 0.25) is 0 Å². The number of hydrogen-bond acceptors (Lipinski definition) is 3. The number of unbranched alkanes of at least 4 members (excludes halogenated alkanes) is 11. The molecule has 0 spiro atoms. The van der Waals surface area contributed by atoms with Crippen LogP contribution in [0, 0.1) is 0 Å². The summed E-state index contributed by atoms with van der Waals surface area (Å²) >= 11 is 10.2. The van der Waals surface area contributed by atoms with Crippen molar-refractivity contribution in [1.29, 1.82) is 0 Å². The Morgan fingerprint density at radius 3 is 1.87 bits per heavy atom. The zero-order valence-corrected chi connectivity index (χ0v) is 21.4. The second-order valence-corrected chi connectivity index (χ2v) is 9.93. The van der Waals surface area contributed by atoms with Crippen LogP contribution in [0.15, 0.2) is 30.3 Å². The lowest BCUT2D eigenvalue weighted by Crippen LogP contribution is -2.45. The minimum absolute atomic E-state index is 0.0845. The Labute approximate surface area is 197 Å². The first-order chi connectivity index (χ1) is 14.6. The minimum Gasteiger partial charge on any atom is -0.353 e. The third-order valence-corrected chi connectivity index (χ3v) is 6.13. The molecule has 0 fully saturated rings. The maximum atomic E-state index is 6.23. The van der Waals surface area contributed by atoms with Gasteiger partial charge in [0.1, 0.15) is 6.23 Å². The molecular weight excluding hydrogens is 406 g/mol. The van der Waals surface area contributed by atoms with Crippen molar-refractivity contribution < 1.29 is 4.74 Å². The molecule has 0 aliphatic rings. The fourth-order valence-electron chi connectivity index (χ4n) is 3.83. The maximum Gasteiger partial charge on any atom is 0.142 e. The Bertz CT molecular complexity index is 535. The van der Waals surface area contributed by atoms with Crippen LogP contribution in [0.25, 0.3) is 0 Å². The molecule has 0 radical (unpaired) electrons. The van der Waals surface area contributed by atoms with E-state index >= 15 is 0 Å². The van der Waals surface area contributed by atoms with Crippen LogP contribution in [0.5, 0.6) is 0 Å². The third-order valence-electron chi connectivity index (χ3n) is 5.64. The van der Waals surface area contributed by atoms with E-state index in [4.69, 9.17) is 17.0 Å². The summed E-state index contributed by atoms with van der Waals surface area (Å²) in [5, 5.41) is 0.101. The zero-order chi connectivity index (χ0) is 22.0. The van der Waals surface area contributed by atoms with Gasteiger partial charge in [-0.3, -0.25) is 0 Å². The number of thiocarbonyl (C=S) groups is 1. The number of rotatable bonds is 18. The topological polar surface area (TPSA) is 12.5 Å². The van der Waals surface area contributed by atoms with Gasteiger partial charge in [-0.05, 0) is 25.8 Å². The van der Waals surface area contributed by atoms with Crippen molar-refractivity contribution in [2.24, 2.45) is 0 Å². The van der Waals surface area contributed by atoms with E-state index in [0.29, 0.717) is 6.61 Å². The van der Waals surface area contributed by atoms with Crippen molar-refractivity contribution in [2.45, 2.75) is 116 Å². The van der Waals surface area contributed by atoms with Crippen LogP contribution in [-0.2, 0) is 11.3 Å². The molecule has 2 atom stereocenters. The molecule has 2 unspecified atom stereocenters. The summed E-state index contributed by atoms with van der Waals surface area (Å²) in [6.07, 6.45) is 16.3. The number of thiol groups is 1. The van der Waals surface area contributed by atoms with E-state index in [-0.39, 0.29) is 11.5 Å². The Kier molecular flexibility index (Phi) is 16.5. The lowest BCUT2D eigenvalue weighted by Gasteiger charge is -2.35. The van der Waals surface area contributed by atoms with Crippen molar-refractivity contribution in [3.05, 3.63) is 35.9 Å². The molecule has 0 heterocycles. The molecule has 0 aliphatic heterocycles. The Balaban J connectivity index is 2.22. The van der Waals surface area contributed by atoms with Gasteiger partial charge in [0.05, 0.1) is 11.6 Å². The predicted octanol–water partition coefficient (Wildman–Crippen LogP) is 8.20. The molecular formula is C26H45NOS2. The lowest BCUT2D eigenvalue weighted by atomic mass is 10.1. The fourth-order valence-corrected chi connectivity index (χ4v) is 4.27. The van der Waals surface area contributed by atoms with E-state index in [1.165, 1.54) is 76.2 Å². The second kappa shape index (κ2) is 18.0. The minimum atomic E-state index is -0.0845. The van der Waals surface area contributed by atoms with Crippen LogP contribution in [-0.4, -0.2) is 27.9 Å². The molecule has 0 N–H and O–H groups in total. The molecule has 1 aromatic rings. The smallest absolute Gasteiger partial charge is 0.142 e. The second-order valence-electron chi connectivity index (χ2n) is 8.53. The predicted molar refractivity (Wildman–Crippen MR) is 140 cm³/mol. The molecule has 0 saturated heterocycles. The highest BCUT2D eigenvalue weighted by Gasteiger charge is 2.23. The quantitative estimate of drug-likeness (QED) is 0.105. The van der Waals surface area contributed by atoms with E-state index in [1.54, 1.807) is 0 Å². The number of hydrogen-bond donors (Lipinski definition) is 1. The van der Waals surface area contributed by atoms with Crippen LogP contribution in [0.1, 0.15) is 103 Å². The summed E-state index contributed by atoms with van der Waals surface area (Å²) in [7, 11) is 0. The van der Waals surface area contributed by atoms with E-state index < -0.39 is 0 Å². The molecule has 0 aliphatic carbocycles. The largest absolute Gasteiger partial charge is 0.353 e. The SMILES string of the molecule is CCCCCCCCCCCCCCN(C(C)=S)C(OCc1ccccc1)C(C)S. The first-order valence-electron chi connectivity index (χ1n) is 12.2. The lowest BCUT2D eigenvalue weighted by molar-refractivity contribution is -0.0342. The van der Waals surface area contributed by atoms with Gasteiger partial charge < -0.3 is 9.64 Å². The highest BCUT2D eigenvalue weighted by molar-refractivity contribution is 7.81. The standard InChI is InChI=1S/C26H45NOS2/c1-4-5-6-7-8-9-10-11-12-13-14-18-21-27(24(3)30)26(23(2)29)28-22-25-19-16-15-17-20-25/h15-17,19-20,23,26,29H,4-14,18,21-22H2,1-3H3. The molecule has 4 heteroatoms. The van der Waals surface area contributed by atoms with Crippen LogP contribution in [0.4, 0.5) is 0 Å². The fraction of sp³-hybridized carbons (Fsp3) is 0.731. The van der Waals surface area contributed by atoms with Crippen molar-refractivity contribution in [2.75, 3.05) is 6.54 Å². The Hall–Kier alpha value is -0.580. The zero-order valence-electron chi connectivity index (χ0n) is 19.7. The Morgan fingerprint density at radius 2 is 1.40 bits per heavy atom.